The normalized spacial score (nSPS) is 27.4. The van der Waals surface area contributed by atoms with Gasteiger partial charge in [-0.1, -0.05) is 24.3 Å². The zero-order valence-corrected chi connectivity index (χ0v) is 13.7. The van der Waals surface area contributed by atoms with E-state index in [1.54, 1.807) is 0 Å². The number of nitrogens with two attached hydrogens (primary N) is 1. The molecule has 1 aromatic carbocycles. The van der Waals surface area contributed by atoms with Crippen LogP contribution >= 0.6 is 0 Å². The Bertz CT molecular complexity index is 456. The molecule has 22 heavy (non-hydrogen) atoms. The van der Waals surface area contributed by atoms with E-state index in [1.165, 1.54) is 17.5 Å². The molecule has 0 bridgehead atoms. The van der Waals surface area contributed by atoms with E-state index in [0.29, 0.717) is 12.0 Å². The standard InChI is InChI=1S/C18H29N3O/c1-20-14-16(13-19)12-18(20)17-4-2-15(3-5-17)6-7-21-8-10-22-11-9-21/h2-5,16,18H,6-14,19H2,1H3. The summed E-state index contributed by atoms with van der Waals surface area (Å²) in [5, 5.41) is 0. The van der Waals surface area contributed by atoms with Crippen LogP contribution in [0.3, 0.4) is 0 Å². The van der Waals surface area contributed by atoms with E-state index in [9.17, 15) is 0 Å². The third kappa shape index (κ3) is 3.87. The Labute approximate surface area is 134 Å². The number of nitrogens with zero attached hydrogens (tertiary/aromatic N) is 2. The maximum absolute atomic E-state index is 5.83. The molecule has 0 saturated carbocycles. The molecule has 0 aliphatic carbocycles. The maximum atomic E-state index is 5.83. The van der Waals surface area contributed by atoms with E-state index in [1.807, 2.05) is 0 Å². The molecule has 4 heteroatoms. The first-order valence-corrected chi connectivity index (χ1v) is 8.55. The van der Waals surface area contributed by atoms with Crippen LogP contribution in [0.25, 0.3) is 0 Å². The van der Waals surface area contributed by atoms with E-state index < -0.39 is 0 Å². The lowest BCUT2D eigenvalue weighted by Crippen LogP contribution is -2.37. The van der Waals surface area contributed by atoms with Crippen molar-refractivity contribution < 1.29 is 4.74 Å². The molecule has 2 unspecified atom stereocenters. The van der Waals surface area contributed by atoms with Gasteiger partial charge >= 0.3 is 0 Å². The Kier molecular flexibility index (Phi) is 5.47. The Hall–Kier alpha value is -0.940. The fourth-order valence-electron chi connectivity index (χ4n) is 3.68. The Morgan fingerprint density at radius 1 is 1.18 bits per heavy atom. The van der Waals surface area contributed by atoms with Crippen LogP contribution in [0, 0.1) is 5.92 Å². The average Bonchev–Trinajstić information content (AvgIpc) is 2.95. The van der Waals surface area contributed by atoms with Gasteiger partial charge in [0.05, 0.1) is 13.2 Å². The molecule has 0 amide bonds. The third-order valence-corrected chi connectivity index (χ3v) is 5.15. The molecule has 2 atom stereocenters. The molecular formula is C18H29N3O. The van der Waals surface area contributed by atoms with Crippen LogP contribution in [0.5, 0.6) is 0 Å². The van der Waals surface area contributed by atoms with E-state index in [-0.39, 0.29) is 0 Å². The Balaban J connectivity index is 1.53. The minimum atomic E-state index is 0.543. The second kappa shape index (κ2) is 7.55. The van der Waals surface area contributed by atoms with Crippen molar-refractivity contribution in [2.75, 3.05) is 53.0 Å². The van der Waals surface area contributed by atoms with Gasteiger partial charge in [0.25, 0.3) is 0 Å². The topological polar surface area (TPSA) is 41.7 Å². The molecule has 2 aliphatic heterocycles. The van der Waals surface area contributed by atoms with E-state index >= 15 is 0 Å². The van der Waals surface area contributed by atoms with Gasteiger partial charge in [-0.15, -0.1) is 0 Å². The molecule has 2 aliphatic rings. The van der Waals surface area contributed by atoms with Gasteiger partial charge in [-0.3, -0.25) is 9.80 Å². The average molecular weight is 303 g/mol. The molecule has 0 radical (unpaired) electrons. The molecule has 0 aromatic heterocycles. The molecule has 0 spiro atoms. The lowest BCUT2D eigenvalue weighted by atomic mass is 9.98. The lowest BCUT2D eigenvalue weighted by Gasteiger charge is -2.26. The molecular weight excluding hydrogens is 274 g/mol. The summed E-state index contributed by atoms with van der Waals surface area (Å²) in [6, 6.07) is 9.78. The number of morpholine rings is 1. The summed E-state index contributed by atoms with van der Waals surface area (Å²) in [6.07, 6.45) is 2.33. The van der Waals surface area contributed by atoms with Crippen molar-refractivity contribution in [3.05, 3.63) is 35.4 Å². The largest absolute Gasteiger partial charge is 0.379 e. The number of rotatable bonds is 5. The van der Waals surface area contributed by atoms with Crippen LogP contribution in [-0.2, 0) is 11.2 Å². The van der Waals surface area contributed by atoms with Gasteiger partial charge in [0, 0.05) is 32.2 Å². The second-order valence-electron chi connectivity index (χ2n) is 6.74. The van der Waals surface area contributed by atoms with Gasteiger partial charge < -0.3 is 10.5 Å². The minimum Gasteiger partial charge on any atom is -0.379 e. The molecule has 3 rings (SSSR count). The summed E-state index contributed by atoms with van der Waals surface area (Å²) in [5.41, 5.74) is 8.71. The van der Waals surface area contributed by atoms with Crippen LogP contribution in [0.15, 0.2) is 24.3 Å². The SMILES string of the molecule is CN1CC(CN)CC1c1ccc(CCN2CCOCC2)cc1. The zero-order chi connectivity index (χ0) is 15.4. The van der Waals surface area contributed by atoms with E-state index in [0.717, 1.165) is 52.4 Å². The fourth-order valence-corrected chi connectivity index (χ4v) is 3.68. The first-order chi connectivity index (χ1) is 10.8. The fraction of sp³-hybridized carbons (Fsp3) is 0.667. The quantitative estimate of drug-likeness (QED) is 0.895. The van der Waals surface area contributed by atoms with Crippen LogP contribution in [0.2, 0.25) is 0 Å². The Morgan fingerprint density at radius 3 is 2.55 bits per heavy atom. The summed E-state index contributed by atoms with van der Waals surface area (Å²) < 4.78 is 5.40. The van der Waals surface area contributed by atoms with Gasteiger partial charge in [-0.2, -0.15) is 0 Å². The van der Waals surface area contributed by atoms with Gasteiger partial charge in [-0.25, -0.2) is 0 Å². The first kappa shape index (κ1) is 15.9. The minimum absolute atomic E-state index is 0.543. The van der Waals surface area contributed by atoms with Crippen molar-refractivity contribution in [3.63, 3.8) is 0 Å². The number of hydrogen-bond acceptors (Lipinski definition) is 4. The van der Waals surface area contributed by atoms with Crippen molar-refractivity contribution in [1.29, 1.82) is 0 Å². The molecule has 2 fully saturated rings. The van der Waals surface area contributed by atoms with E-state index in [4.69, 9.17) is 10.5 Å². The van der Waals surface area contributed by atoms with Crippen molar-refractivity contribution in [2.45, 2.75) is 18.9 Å². The van der Waals surface area contributed by atoms with Gasteiger partial charge in [-0.05, 0) is 43.5 Å². The summed E-state index contributed by atoms with van der Waals surface area (Å²) >= 11 is 0. The highest BCUT2D eigenvalue weighted by molar-refractivity contribution is 5.26. The summed E-state index contributed by atoms with van der Waals surface area (Å²) in [6.45, 7) is 6.99. The van der Waals surface area contributed by atoms with Crippen LogP contribution in [0.1, 0.15) is 23.6 Å². The molecule has 2 saturated heterocycles. The number of hydrogen-bond donors (Lipinski definition) is 1. The summed E-state index contributed by atoms with van der Waals surface area (Å²) in [4.78, 5) is 4.94. The van der Waals surface area contributed by atoms with Gasteiger partial charge in [0.1, 0.15) is 0 Å². The van der Waals surface area contributed by atoms with Crippen LogP contribution < -0.4 is 5.73 Å². The monoisotopic (exact) mass is 303 g/mol. The van der Waals surface area contributed by atoms with Crippen LogP contribution in [0.4, 0.5) is 0 Å². The maximum Gasteiger partial charge on any atom is 0.0594 e. The van der Waals surface area contributed by atoms with Crippen LogP contribution in [-0.4, -0.2) is 62.8 Å². The highest BCUT2D eigenvalue weighted by Crippen LogP contribution is 2.33. The zero-order valence-electron chi connectivity index (χ0n) is 13.7. The smallest absolute Gasteiger partial charge is 0.0594 e. The summed E-state index contributed by atoms with van der Waals surface area (Å²) in [7, 11) is 2.21. The van der Waals surface area contributed by atoms with Crippen molar-refractivity contribution in [1.82, 2.24) is 9.80 Å². The van der Waals surface area contributed by atoms with E-state index in [2.05, 4.69) is 41.1 Å². The Morgan fingerprint density at radius 2 is 1.91 bits per heavy atom. The molecule has 4 nitrogen and oxygen atoms in total. The predicted octanol–water partition coefficient (Wildman–Crippen LogP) is 1.51. The molecule has 1 aromatic rings. The summed E-state index contributed by atoms with van der Waals surface area (Å²) in [5.74, 6) is 0.649. The number of likely N-dealkylation sites (tertiary alicyclic amines) is 1. The number of ether oxygens (including phenoxy) is 1. The first-order valence-electron chi connectivity index (χ1n) is 8.55. The van der Waals surface area contributed by atoms with Crippen molar-refractivity contribution in [2.24, 2.45) is 11.7 Å². The lowest BCUT2D eigenvalue weighted by molar-refractivity contribution is 0.0384. The van der Waals surface area contributed by atoms with Crippen molar-refractivity contribution >= 4 is 0 Å². The molecule has 122 valence electrons. The molecule has 2 N–H and O–H groups in total. The third-order valence-electron chi connectivity index (χ3n) is 5.15. The highest BCUT2D eigenvalue weighted by atomic mass is 16.5. The second-order valence-corrected chi connectivity index (χ2v) is 6.74. The van der Waals surface area contributed by atoms with Gasteiger partial charge in [0.15, 0.2) is 0 Å². The number of benzene rings is 1. The van der Waals surface area contributed by atoms with Gasteiger partial charge in [0.2, 0.25) is 0 Å². The molecule has 2 heterocycles. The van der Waals surface area contributed by atoms with Crippen molar-refractivity contribution in [3.8, 4) is 0 Å². The highest BCUT2D eigenvalue weighted by Gasteiger charge is 2.29. The predicted molar refractivity (Wildman–Crippen MR) is 89.9 cm³/mol.